The molecule has 27 heavy (non-hydrogen) atoms. The summed E-state index contributed by atoms with van der Waals surface area (Å²) in [6.45, 7) is 5.77. The molecule has 0 aliphatic heterocycles. The summed E-state index contributed by atoms with van der Waals surface area (Å²) in [7, 11) is 3.20. The van der Waals surface area contributed by atoms with E-state index >= 15 is 0 Å². The van der Waals surface area contributed by atoms with Crippen molar-refractivity contribution in [1.82, 2.24) is 5.32 Å². The summed E-state index contributed by atoms with van der Waals surface area (Å²) >= 11 is 0. The first kappa shape index (κ1) is 20.4. The molecule has 144 valence electrons. The fourth-order valence-corrected chi connectivity index (χ4v) is 2.80. The van der Waals surface area contributed by atoms with Gasteiger partial charge in [-0.05, 0) is 44.5 Å². The Morgan fingerprint density at radius 2 is 1.78 bits per heavy atom. The molecule has 0 aliphatic rings. The Balaban J connectivity index is 2.01. The molecule has 0 heterocycles. The molecule has 0 saturated carbocycles. The van der Waals surface area contributed by atoms with Gasteiger partial charge in [-0.15, -0.1) is 0 Å². The van der Waals surface area contributed by atoms with Gasteiger partial charge in [0, 0.05) is 5.56 Å². The first-order valence-corrected chi connectivity index (χ1v) is 8.86. The van der Waals surface area contributed by atoms with Gasteiger partial charge in [-0.2, -0.15) is 0 Å². The highest BCUT2D eigenvalue weighted by atomic mass is 16.5. The molecular formula is C22H27NO4. The van der Waals surface area contributed by atoms with E-state index in [2.05, 4.69) is 5.32 Å². The van der Waals surface area contributed by atoms with Crippen LogP contribution in [-0.4, -0.2) is 26.7 Å². The zero-order valence-corrected chi connectivity index (χ0v) is 16.5. The van der Waals surface area contributed by atoms with Crippen molar-refractivity contribution in [3.63, 3.8) is 0 Å². The summed E-state index contributed by atoms with van der Waals surface area (Å²) in [5.74, 6) is 1.65. The first-order chi connectivity index (χ1) is 13.0. The van der Waals surface area contributed by atoms with Crippen LogP contribution in [0.5, 0.6) is 17.2 Å². The zero-order chi connectivity index (χ0) is 19.8. The summed E-state index contributed by atoms with van der Waals surface area (Å²) < 4.78 is 16.4. The highest BCUT2D eigenvalue weighted by Gasteiger charge is 2.15. The van der Waals surface area contributed by atoms with E-state index in [1.54, 1.807) is 20.3 Å². The average Bonchev–Trinajstić information content (AvgIpc) is 2.67. The highest BCUT2D eigenvalue weighted by molar-refractivity contribution is 5.78. The molecule has 2 aromatic rings. The number of allylic oxidation sites excluding steroid dienone is 1. The molecular weight excluding hydrogens is 342 g/mol. The van der Waals surface area contributed by atoms with Crippen molar-refractivity contribution in [2.24, 2.45) is 0 Å². The van der Waals surface area contributed by atoms with E-state index in [9.17, 15) is 4.79 Å². The number of hydrogen-bond donors (Lipinski definition) is 1. The van der Waals surface area contributed by atoms with Crippen molar-refractivity contribution in [1.29, 1.82) is 0 Å². The van der Waals surface area contributed by atoms with Gasteiger partial charge in [0.2, 0.25) is 0 Å². The third-order valence-corrected chi connectivity index (χ3v) is 4.13. The molecule has 2 aromatic carbocycles. The van der Waals surface area contributed by atoms with E-state index < -0.39 is 0 Å². The van der Waals surface area contributed by atoms with Gasteiger partial charge in [0.05, 0.1) is 20.3 Å². The van der Waals surface area contributed by atoms with E-state index in [0.717, 1.165) is 22.4 Å². The standard InChI is InChI=1S/C22H27NO4/c1-6-7-17-9-11-20(21(13-17)26-5)27-14-22(24)23-16(3)18-12-15(2)8-10-19(18)25-4/h6-13,16H,14H2,1-5H3,(H,23,24)/b7-6+. The first-order valence-electron chi connectivity index (χ1n) is 8.86. The topological polar surface area (TPSA) is 56.8 Å². The van der Waals surface area contributed by atoms with Gasteiger partial charge in [-0.25, -0.2) is 0 Å². The van der Waals surface area contributed by atoms with Gasteiger partial charge >= 0.3 is 0 Å². The summed E-state index contributed by atoms with van der Waals surface area (Å²) in [5.41, 5.74) is 3.04. The number of methoxy groups -OCH3 is 2. The number of amides is 1. The largest absolute Gasteiger partial charge is 0.496 e. The van der Waals surface area contributed by atoms with E-state index in [1.807, 2.05) is 63.3 Å². The predicted molar refractivity (Wildman–Crippen MR) is 107 cm³/mol. The highest BCUT2D eigenvalue weighted by Crippen LogP contribution is 2.29. The van der Waals surface area contributed by atoms with Crippen LogP contribution in [0, 0.1) is 6.92 Å². The second kappa shape index (κ2) is 9.67. The van der Waals surface area contributed by atoms with Crippen LogP contribution < -0.4 is 19.5 Å². The lowest BCUT2D eigenvalue weighted by Crippen LogP contribution is -2.31. The van der Waals surface area contributed by atoms with Gasteiger partial charge in [0.25, 0.3) is 5.91 Å². The smallest absolute Gasteiger partial charge is 0.258 e. The number of benzene rings is 2. The fraction of sp³-hybridized carbons (Fsp3) is 0.318. The lowest BCUT2D eigenvalue weighted by molar-refractivity contribution is -0.123. The van der Waals surface area contributed by atoms with Crippen molar-refractivity contribution in [2.75, 3.05) is 20.8 Å². The molecule has 1 N–H and O–H groups in total. The minimum Gasteiger partial charge on any atom is -0.496 e. The molecule has 0 aromatic heterocycles. The zero-order valence-electron chi connectivity index (χ0n) is 16.5. The summed E-state index contributed by atoms with van der Waals surface area (Å²) in [5, 5.41) is 2.94. The molecule has 1 amide bonds. The molecule has 0 aliphatic carbocycles. The normalized spacial score (nSPS) is 11.9. The number of carbonyl (C=O) groups is 1. The molecule has 0 bridgehead atoms. The van der Waals surface area contributed by atoms with Crippen LogP contribution in [0.4, 0.5) is 0 Å². The SMILES string of the molecule is C/C=C/c1ccc(OCC(=O)NC(C)c2cc(C)ccc2OC)c(OC)c1. The van der Waals surface area contributed by atoms with Gasteiger partial charge in [0.1, 0.15) is 5.75 Å². The van der Waals surface area contributed by atoms with Crippen LogP contribution in [0.3, 0.4) is 0 Å². The molecule has 0 radical (unpaired) electrons. The molecule has 1 atom stereocenters. The van der Waals surface area contributed by atoms with E-state index in [0.29, 0.717) is 11.5 Å². The number of carbonyl (C=O) groups excluding carboxylic acids is 1. The maximum Gasteiger partial charge on any atom is 0.258 e. The lowest BCUT2D eigenvalue weighted by atomic mass is 10.0. The molecule has 5 heteroatoms. The van der Waals surface area contributed by atoms with Crippen LogP contribution in [0.15, 0.2) is 42.5 Å². The number of nitrogens with one attached hydrogen (secondary N) is 1. The van der Waals surface area contributed by atoms with E-state index in [4.69, 9.17) is 14.2 Å². The van der Waals surface area contributed by atoms with Crippen molar-refractivity contribution < 1.29 is 19.0 Å². The third kappa shape index (κ3) is 5.51. The second-order valence-corrected chi connectivity index (χ2v) is 6.23. The Hall–Kier alpha value is -2.95. The average molecular weight is 369 g/mol. The maximum absolute atomic E-state index is 12.3. The minimum absolute atomic E-state index is 0.0994. The molecule has 1 unspecified atom stereocenters. The number of hydrogen-bond acceptors (Lipinski definition) is 4. The van der Waals surface area contributed by atoms with Gasteiger partial charge in [-0.3, -0.25) is 4.79 Å². The summed E-state index contributed by atoms with van der Waals surface area (Å²) in [4.78, 5) is 12.3. The van der Waals surface area contributed by atoms with Crippen molar-refractivity contribution in [2.45, 2.75) is 26.8 Å². The van der Waals surface area contributed by atoms with Gasteiger partial charge < -0.3 is 19.5 Å². The van der Waals surface area contributed by atoms with Crippen molar-refractivity contribution in [3.05, 3.63) is 59.2 Å². The van der Waals surface area contributed by atoms with Crippen molar-refractivity contribution in [3.8, 4) is 17.2 Å². The minimum atomic E-state index is -0.217. The molecule has 2 rings (SSSR count). The van der Waals surface area contributed by atoms with Crippen molar-refractivity contribution >= 4 is 12.0 Å². The monoisotopic (exact) mass is 369 g/mol. The van der Waals surface area contributed by atoms with E-state index in [-0.39, 0.29) is 18.6 Å². The van der Waals surface area contributed by atoms with Crippen LogP contribution in [-0.2, 0) is 4.79 Å². The van der Waals surface area contributed by atoms with Crippen LogP contribution >= 0.6 is 0 Å². The molecule has 5 nitrogen and oxygen atoms in total. The van der Waals surface area contributed by atoms with Crippen LogP contribution in [0.25, 0.3) is 6.08 Å². The van der Waals surface area contributed by atoms with Gasteiger partial charge in [-0.1, -0.05) is 35.9 Å². The number of aryl methyl sites for hydroxylation is 1. The predicted octanol–water partition coefficient (Wildman–Crippen LogP) is 4.30. The maximum atomic E-state index is 12.3. The Labute approximate surface area is 161 Å². The Morgan fingerprint density at radius 3 is 2.44 bits per heavy atom. The number of rotatable bonds is 8. The summed E-state index contributed by atoms with van der Waals surface area (Å²) in [6, 6.07) is 11.3. The lowest BCUT2D eigenvalue weighted by Gasteiger charge is -2.18. The Bertz CT molecular complexity index is 814. The second-order valence-electron chi connectivity index (χ2n) is 6.23. The van der Waals surface area contributed by atoms with Gasteiger partial charge in [0.15, 0.2) is 18.1 Å². The summed E-state index contributed by atoms with van der Waals surface area (Å²) in [6.07, 6.45) is 3.92. The third-order valence-electron chi connectivity index (χ3n) is 4.13. The van der Waals surface area contributed by atoms with Crippen LogP contribution in [0.2, 0.25) is 0 Å². The Kier molecular flexibility index (Phi) is 7.29. The number of ether oxygens (including phenoxy) is 3. The van der Waals surface area contributed by atoms with Crippen LogP contribution in [0.1, 0.15) is 36.6 Å². The molecule has 0 spiro atoms. The molecule has 0 fully saturated rings. The van der Waals surface area contributed by atoms with E-state index in [1.165, 1.54) is 0 Å². The Morgan fingerprint density at radius 1 is 1.07 bits per heavy atom. The molecule has 0 saturated heterocycles. The fourth-order valence-electron chi connectivity index (χ4n) is 2.80. The quantitative estimate of drug-likeness (QED) is 0.754.